The Morgan fingerprint density at radius 1 is 0.667 bits per heavy atom. The van der Waals surface area contributed by atoms with Gasteiger partial charge in [-0.1, -0.05) is 12.1 Å². The first-order chi connectivity index (χ1) is 12.2. The van der Waals surface area contributed by atoms with Crippen molar-refractivity contribution in [2.75, 3.05) is 0 Å². The van der Waals surface area contributed by atoms with Crippen LogP contribution in [-0.4, -0.2) is 6.36 Å². The van der Waals surface area contributed by atoms with E-state index in [1.54, 1.807) is 0 Å². The summed E-state index contributed by atoms with van der Waals surface area (Å²) in [6.45, 7) is 0. The molecular weight excluding hydrogens is 393 g/mol. The number of benzene rings is 2. The molecule has 0 spiro atoms. The molecule has 2 aromatic rings. The summed E-state index contributed by atoms with van der Waals surface area (Å²) >= 11 is 0. The molecule has 1 atom stereocenters. The third-order valence-electron chi connectivity index (χ3n) is 3.44. The van der Waals surface area contributed by atoms with Gasteiger partial charge in [-0.25, -0.2) is 0 Å². The fourth-order valence-electron chi connectivity index (χ4n) is 2.23. The zero-order valence-corrected chi connectivity index (χ0v) is 13.0. The predicted octanol–water partition coefficient (Wildman–Crippen LogP) is 5.67. The van der Waals surface area contributed by atoms with Crippen molar-refractivity contribution in [3.05, 3.63) is 64.7 Å². The van der Waals surface area contributed by atoms with Crippen molar-refractivity contribution in [1.82, 2.24) is 0 Å². The van der Waals surface area contributed by atoms with Gasteiger partial charge in [-0.15, -0.1) is 13.2 Å². The highest BCUT2D eigenvalue weighted by molar-refractivity contribution is 5.40. The fourth-order valence-corrected chi connectivity index (χ4v) is 2.23. The molecule has 2 N–H and O–H groups in total. The Morgan fingerprint density at radius 3 is 1.48 bits per heavy atom. The van der Waals surface area contributed by atoms with Crippen molar-refractivity contribution in [2.24, 2.45) is 5.73 Å². The molecule has 27 heavy (non-hydrogen) atoms. The SMILES string of the molecule is N[C@H](c1ccc(OC(F)(F)F)cc1)c1cc(C(F)(F)F)cc(C(F)(F)F)c1. The van der Waals surface area contributed by atoms with Crippen LogP contribution in [0.2, 0.25) is 0 Å². The van der Waals surface area contributed by atoms with Crippen molar-refractivity contribution < 1.29 is 44.3 Å². The van der Waals surface area contributed by atoms with Gasteiger partial charge in [-0.2, -0.15) is 26.3 Å². The van der Waals surface area contributed by atoms with E-state index < -0.39 is 47.2 Å². The van der Waals surface area contributed by atoms with Gasteiger partial charge in [0.1, 0.15) is 5.75 Å². The molecule has 11 heteroatoms. The molecule has 2 nitrogen and oxygen atoms in total. The Morgan fingerprint density at radius 2 is 1.11 bits per heavy atom. The first kappa shape index (κ1) is 20.9. The Kier molecular flexibility index (Phi) is 5.37. The van der Waals surface area contributed by atoms with E-state index in [1.165, 1.54) is 0 Å². The van der Waals surface area contributed by atoms with Crippen molar-refractivity contribution in [3.63, 3.8) is 0 Å². The lowest BCUT2D eigenvalue weighted by molar-refractivity contribution is -0.274. The van der Waals surface area contributed by atoms with Crippen LogP contribution < -0.4 is 10.5 Å². The maximum absolute atomic E-state index is 12.9. The summed E-state index contributed by atoms with van der Waals surface area (Å²) < 4.78 is 117. The van der Waals surface area contributed by atoms with Gasteiger partial charge in [-0.05, 0) is 41.5 Å². The van der Waals surface area contributed by atoms with E-state index in [0.717, 1.165) is 24.3 Å². The van der Waals surface area contributed by atoms with Crippen LogP contribution in [0, 0.1) is 0 Å². The molecular formula is C16H10F9NO. The Bertz CT molecular complexity index is 759. The third-order valence-corrected chi connectivity index (χ3v) is 3.44. The average molecular weight is 403 g/mol. The smallest absolute Gasteiger partial charge is 0.406 e. The molecule has 0 unspecified atom stereocenters. The molecule has 0 fully saturated rings. The Balaban J connectivity index is 2.41. The van der Waals surface area contributed by atoms with Crippen molar-refractivity contribution in [1.29, 1.82) is 0 Å². The zero-order valence-electron chi connectivity index (χ0n) is 13.0. The lowest BCUT2D eigenvalue weighted by Crippen LogP contribution is -2.18. The molecule has 0 heterocycles. The Labute approximate surface area is 146 Å². The minimum atomic E-state index is -5.04. The molecule has 0 aromatic heterocycles. The van der Waals surface area contributed by atoms with Crippen LogP contribution in [-0.2, 0) is 12.4 Å². The van der Waals surface area contributed by atoms with E-state index in [-0.39, 0.29) is 11.6 Å². The molecule has 0 aliphatic carbocycles. The average Bonchev–Trinajstić information content (AvgIpc) is 2.51. The summed E-state index contributed by atoms with van der Waals surface area (Å²) in [4.78, 5) is 0. The van der Waals surface area contributed by atoms with Crippen LogP contribution in [0.25, 0.3) is 0 Å². The molecule has 0 aliphatic heterocycles. The molecule has 0 amide bonds. The van der Waals surface area contributed by atoms with E-state index in [2.05, 4.69) is 4.74 Å². The molecule has 0 aliphatic rings. The summed E-state index contributed by atoms with van der Waals surface area (Å²) in [6, 6.07) is 3.16. The van der Waals surface area contributed by atoms with Gasteiger partial charge in [0.2, 0.25) is 0 Å². The van der Waals surface area contributed by atoms with Gasteiger partial charge in [-0.3, -0.25) is 0 Å². The van der Waals surface area contributed by atoms with Crippen LogP contribution in [0.1, 0.15) is 28.3 Å². The number of hydrogen-bond donors (Lipinski definition) is 1. The normalized spacial score (nSPS) is 14.1. The highest BCUT2D eigenvalue weighted by Gasteiger charge is 2.37. The van der Waals surface area contributed by atoms with E-state index in [1.807, 2.05) is 0 Å². The molecule has 0 bridgehead atoms. The fraction of sp³-hybridized carbons (Fsp3) is 0.250. The molecule has 2 rings (SSSR count). The molecule has 2 aromatic carbocycles. The number of rotatable bonds is 3. The van der Waals surface area contributed by atoms with Crippen LogP contribution in [0.5, 0.6) is 5.75 Å². The molecule has 148 valence electrons. The summed E-state index contributed by atoms with van der Waals surface area (Å²) in [5.41, 5.74) is 2.14. The van der Waals surface area contributed by atoms with Crippen molar-refractivity contribution >= 4 is 0 Å². The first-order valence-corrected chi connectivity index (χ1v) is 7.07. The predicted molar refractivity (Wildman–Crippen MR) is 75.6 cm³/mol. The second kappa shape index (κ2) is 6.95. The highest BCUT2D eigenvalue weighted by atomic mass is 19.4. The minimum Gasteiger partial charge on any atom is -0.406 e. The molecule has 0 saturated heterocycles. The summed E-state index contributed by atoms with van der Waals surface area (Å²) in [6.07, 6.45) is -15.0. The summed E-state index contributed by atoms with van der Waals surface area (Å²) in [7, 11) is 0. The van der Waals surface area contributed by atoms with Gasteiger partial charge in [0.15, 0.2) is 0 Å². The largest absolute Gasteiger partial charge is 0.573 e. The third kappa shape index (κ3) is 5.52. The number of alkyl halides is 9. The van der Waals surface area contributed by atoms with Crippen molar-refractivity contribution in [2.45, 2.75) is 24.8 Å². The number of halogens is 9. The highest BCUT2D eigenvalue weighted by Crippen LogP contribution is 2.38. The standard InChI is InChI=1S/C16H10F9NO/c17-14(18,19)10-5-9(6-11(7-10)15(20,21)22)13(26)8-1-3-12(4-2-8)27-16(23,24)25/h1-7,13H,26H2/t13-/m1/s1. The van der Waals surface area contributed by atoms with Crippen LogP contribution in [0.3, 0.4) is 0 Å². The van der Waals surface area contributed by atoms with Crippen LogP contribution in [0.15, 0.2) is 42.5 Å². The Hall–Kier alpha value is -2.43. The van der Waals surface area contributed by atoms with Crippen LogP contribution >= 0.6 is 0 Å². The summed E-state index contributed by atoms with van der Waals surface area (Å²) in [5, 5.41) is 0. The second-order valence-electron chi connectivity index (χ2n) is 5.43. The number of ether oxygens (including phenoxy) is 1. The molecule has 0 radical (unpaired) electrons. The van der Waals surface area contributed by atoms with Gasteiger partial charge in [0, 0.05) is 0 Å². The second-order valence-corrected chi connectivity index (χ2v) is 5.43. The lowest BCUT2D eigenvalue weighted by Gasteiger charge is -2.18. The number of nitrogens with two attached hydrogens (primary N) is 1. The number of hydrogen-bond acceptors (Lipinski definition) is 2. The van der Waals surface area contributed by atoms with E-state index in [0.29, 0.717) is 12.1 Å². The van der Waals surface area contributed by atoms with Crippen LogP contribution in [0.4, 0.5) is 39.5 Å². The maximum Gasteiger partial charge on any atom is 0.573 e. The van der Waals surface area contributed by atoms with Gasteiger partial charge in [0.05, 0.1) is 17.2 Å². The monoisotopic (exact) mass is 403 g/mol. The van der Waals surface area contributed by atoms with E-state index in [4.69, 9.17) is 5.73 Å². The summed E-state index contributed by atoms with van der Waals surface area (Å²) in [5.74, 6) is -0.613. The van der Waals surface area contributed by atoms with E-state index in [9.17, 15) is 39.5 Å². The van der Waals surface area contributed by atoms with E-state index >= 15 is 0 Å². The van der Waals surface area contributed by atoms with Gasteiger partial charge >= 0.3 is 18.7 Å². The minimum absolute atomic E-state index is 0.00280. The lowest BCUT2D eigenvalue weighted by atomic mass is 9.95. The quantitative estimate of drug-likeness (QED) is 0.671. The van der Waals surface area contributed by atoms with Gasteiger partial charge < -0.3 is 10.5 Å². The maximum atomic E-state index is 12.9. The topological polar surface area (TPSA) is 35.2 Å². The van der Waals surface area contributed by atoms with Gasteiger partial charge in [0.25, 0.3) is 0 Å². The zero-order chi connectivity index (χ0) is 20.6. The van der Waals surface area contributed by atoms with Crippen molar-refractivity contribution in [3.8, 4) is 5.75 Å². The molecule has 0 saturated carbocycles. The first-order valence-electron chi connectivity index (χ1n) is 7.07.